The van der Waals surface area contributed by atoms with Crippen molar-refractivity contribution in [1.82, 2.24) is 31.0 Å². The number of hydrogen-bond donors (Lipinski definition) is 3. The van der Waals surface area contributed by atoms with Crippen LogP contribution in [0.1, 0.15) is 231 Å². The van der Waals surface area contributed by atoms with E-state index in [4.69, 9.17) is 23.3 Å². The van der Waals surface area contributed by atoms with Crippen LogP contribution in [0.25, 0.3) is 11.4 Å². The van der Waals surface area contributed by atoms with Gasteiger partial charge in [0.25, 0.3) is 0 Å². The average Bonchev–Trinajstić information content (AvgIpc) is 0.859. The molecule has 119 heavy (non-hydrogen) atoms. The van der Waals surface area contributed by atoms with Crippen molar-refractivity contribution >= 4 is 31.8 Å². The highest BCUT2D eigenvalue weighted by Gasteiger charge is 2.27. The molecule has 1 unspecified atom stereocenters. The number of aromatic nitrogens is 4. The molecule has 0 saturated carbocycles. The first kappa shape index (κ1) is 109. The standard InChI is InChI=1S/C57H97N6O55P/c1-4-6-8-10-12-14-16-18-20-22-24-26-28-30-32-34-54(65)71-47-52(76-55(66)35-33-31-29-27-25-23-21-19-17-15-13-11-9-7-5-2)48-75-119(68,69)74-43-41-59-57(67)70-44-45-73-78-80-82-84-86-88-90-92-94-96-98-100-102-104-106-108-110-112-114-116-118-117-115-113-111-109-107-105-103-101-99-97-95-93-91-89-87-85-83-81-79-77-72-42-40-58-53(64)46-50-36-38-51(39-37-50)56-62-60-49(3)61-63-56/h36-40,42,52H,4-35,41,43-48H2,1-3H3,(H,58,64)(H,59,67)(H,68,69)/b42-40-/t52-/m1/s1. The fourth-order valence-corrected chi connectivity index (χ4v) is 9.50. The Morgan fingerprint density at radius 3 is 1.09 bits per heavy atom. The molecule has 1 aromatic carbocycles. The van der Waals surface area contributed by atoms with Gasteiger partial charge in [0.1, 0.15) is 26.1 Å². The summed E-state index contributed by atoms with van der Waals surface area (Å²) < 4.78 is 38.5. The van der Waals surface area contributed by atoms with E-state index in [-0.39, 0.29) is 25.8 Å². The van der Waals surface area contributed by atoms with Crippen molar-refractivity contribution in [3.8, 4) is 11.4 Å². The minimum atomic E-state index is -4.77. The number of ether oxygens (including phenoxy) is 3. The highest BCUT2D eigenvalue weighted by Crippen LogP contribution is 2.43. The first-order valence-electron chi connectivity index (χ1n) is 36.2. The number of hydrogen-bond acceptors (Lipinski definition) is 58. The Labute approximate surface area is 672 Å². The van der Waals surface area contributed by atoms with Gasteiger partial charge < -0.3 is 34.6 Å². The van der Waals surface area contributed by atoms with Gasteiger partial charge in [0.05, 0.1) is 19.6 Å². The van der Waals surface area contributed by atoms with Gasteiger partial charge >= 0.3 is 25.9 Å². The molecule has 2 aromatic rings. The van der Waals surface area contributed by atoms with Gasteiger partial charge in [0, 0.05) is 202 Å². The zero-order valence-corrected chi connectivity index (χ0v) is 65.2. The molecule has 2 amide bonds. The van der Waals surface area contributed by atoms with Crippen molar-refractivity contribution in [2.24, 2.45) is 0 Å². The molecule has 0 radical (unpaired) electrons. The maximum absolute atomic E-state index is 12.9. The first-order valence-corrected chi connectivity index (χ1v) is 37.7. The second-order valence-electron chi connectivity index (χ2n) is 22.6. The second-order valence-corrected chi connectivity index (χ2v) is 24.1. The highest BCUT2D eigenvalue weighted by atomic mass is 31.2. The Morgan fingerprint density at radius 2 is 0.723 bits per heavy atom. The number of phosphoric ester groups is 1. The molecule has 0 saturated heterocycles. The van der Waals surface area contributed by atoms with E-state index in [1.54, 1.807) is 31.2 Å². The van der Waals surface area contributed by atoms with Crippen molar-refractivity contribution in [1.29, 1.82) is 0 Å². The van der Waals surface area contributed by atoms with Crippen LogP contribution in [0.3, 0.4) is 0 Å². The summed E-state index contributed by atoms with van der Waals surface area (Å²) in [6.07, 6.45) is 35.2. The molecule has 0 spiro atoms. The summed E-state index contributed by atoms with van der Waals surface area (Å²) in [5.41, 5.74) is 1.33. The number of benzene rings is 1. The van der Waals surface area contributed by atoms with Crippen molar-refractivity contribution in [3.05, 3.63) is 48.1 Å². The molecule has 1 aromatic heterocycles. The van der Waals surface area contributed by atoms with Gasteiger partial charge in [-0.2, -0.15) is 0 Å². The van der Waals surface area contributed by atoms with Gasteiger partial charge in [-0.15, -0.1) is 20.4 Å². The number of carbonyl (C=O) groups is 4. The van der Waals surface area contributed by atoms with Gasteiger partial charge in [0.2, 0.25) is 11.7 Å². The lowest BCUT2D eigenvalue weighted by molar-refractivity contribution is -0.909. The van der Waals surface area contributed by atoms with Crippen LogP contribution < -0.4 is 10.6 Å². The summed E-state index contributed by atoms with van der Waals surface area (Å²) >= 11 is 0. The normalized spacial score (nSPS) is 12.3. The van der Waals surface area contributed by atoms with E-state index in [0.717, 1.165) is 57.4 Å². The molecule has 0 fully saturated rings. The van der Waals surface area contributed by atoms with Gasteiger partial charge in [-0.25, -0.2) is 14.2 Å². The summed E-state index contributed by atoms with van der Waals surface area (Å²) in [5.74, 6) is -0.725. The van der Waals surface area contributed by atoms with Crippen molar-refractivity contribution in [2.75, 3.05) is 39.6 Å². The Kier molecular flexibility index (Phi) is 78.1. The minimum Gasteiger partial charge on any atom is -0.462 e. The predicted octanol–water partition coefficient (Wildman–Crippen LogP) is 10.3. The van der Waals surface area contributed by atoms with Crippen molar-refractivity contribution < 1.29 is 273 Å². The molecule has 61 nitrogen and oxygen atoms in total. The number of amides is 2. The lowest BCUT2D eigenvalue weighted by Gasteiger charge is -2.20. The van der Waals surface area contributed by atoms with E-state index in [2.05, 4.69) is 266 Å². The van der Waals surface area contributed by atoms with Crippen LogP contribution in [0.15, 0.2) is 36.7 Å². The Morgan fingerprint density at radius 1 is 0.387 bits per heavy atom. The maximum atomic E-state index is 12.9. The minimum absolute atomic E-state index is 0.0101. The van der Waals surface area contributed by atoms with Crippen LogP contribution >= 0.6 is 7.82 Å². The number of carbonyl (C=O) groups excluding carboxylic acids is 4. The number of rotatable bonds is 93. The smallest absolute Gasteiger partial charge is 0.462 e. The van der Waals surface area contributed by atoms with E-state index in [0.29, 0.717) is 35.6 Å². The zero-order valence-electron chi connectivity index (χ0n) is 64.3. The number of nitrogens with zero attached hydrogens (tertiary/aromatic N) is 4. The van der Waals surface area contributed by atoms with Gasteiger partial charge in [-0.3, -0.25) is 23.4 Å². The monoisotopic (exact) mass is 1780 g/mol. The number of phosphoric acid groups is 1. The quantitative estimate of drug-likeness (QED) is 0.0105. The largest absolute Gasteiger partial charge is 0.472 e. The van der Waals surface area contributed by atoms with E-state index in [1.807, 2.05) is 0 Å². The molecule has 690 valence electrons. The molecule has 3 N–H and O–H groups in total. The first-order chi connectivity index (χ1) is 58.5. The lowest BCUT2D eigenvalue weighted by atomic mass is 10.0. The third kappa shape index (κ3) is 77.6. The fourth-order valence-electron chi connectivity index (χ4n) is 8.75. The van der Waals surface area contributed by atoms with Crippen molar-refractivity contribution in [2.45, 2.75) is 239 Å². The third-order valence-electron chi connectivity index (χ3n) is 13.9. The lowest BCUT2D eigenvalue weighted by Crippen LogP contribution is -2.30. The van der Waals surface area contributed by atoms with E-state index < -0.39 is 70.9 Å². The van der Waals surface area contributed by atoms with Crippen molar-refractivity contribution in [3.63, 3.8) is 0 Å². The van der Waals surface area contributed by atoms with Gasteiger partial charge in [-0.05, 0) is 65.6 Å². The molecule has 1 heterocycles. The number of esters is 2. The van der Waals surface area contributed by atoms with E-state index >= 15 is 0 Å². The Balaban J connectivity index is 1.31. The van der Waals surface area contributed by atoms with Gasteiger partial charge in [0.15, 0.2) is 11.9 Å². The molecular formula is C57H97N6O55P. The number of aryl methyl sites for hydroxylation is 1. The SMILES string of the molecule is CCCCCCCCCCCCCCCCCC(=O)OC[C@H](COP(=O)(O)OCCNC(=O)OCCOOOOOOOOOOOOOOOOOOOOOOOOOOOOOOOOOOOOOOOOOOOO/C=C\NC(=O)Cc1ccc(-c2nnc(C)nn2)cc1)OC(=O)CCCCCCCCCCCCCCCCC. The summed E-state index contributed by atoms with van der Waals surface area (Å²) in [7, 11) is -4.77. The highest BCUT2D eigenvalue weighted by molar-refractivity contribution is 7.47. The zero-order chi connectivity index (χ0) is 85.4. The fraction of sp³-hybridized carbons (Fsp3) is 0.754. The number of nitrogens with one attached hydrogen (secondary N) is 2. The molecule has 0 aliphatic rings. The number of unbranched alkanes of at least 4 members (excludes halogenated alkanes) is 28. The molecule has 0 bridgehead atoms. The van der Waals surface area contributed by atoms with Crippen LogP contribution in [0.4, 0.5) is 4.79 Å². The van der Waals surface area contributed by atoms with Crippen LogP contribution in [0.2, 0.25) is 0 Å². The second kappa shape index (κ2) is 85.3. The summed E-state index contributed by atoms with van der Waals surface area (Å²) in [6, 6.07) is 6.79. The van der Waals surface area contributed by atoms with Crippen LogP contribution in [0, 0.1) is 6.92 Å². The molecule has 62 heteroatoms. The summed E-state index contributed by atoms with van der Waals surface area (Å²) in [5, 5.41) is 173. The summed E-state index contributed by atoms with van der Waals surface area (Å²) in [6.45, 7) is 3.33. The van der Waals surface area contributed by atoms with E-state index in [1.165, 1.54) is 135 Å². The van der Waals surface area contributed by atoms with Gasteiger partial charge in [-0.1, -0.05) is 218 Å². The molecular weight excluding hydrogens is 1680 g/mol. The third-order valence-corrected chi connectivity index (χ3v) is 14.9. The topological polar surface area (TPSA) is 633 Å². The molecule has 2 rings (SSSR count). The Hall–Kier alpha value is -6.23. The number of alkyl carbamates (subject to hydrolysis) is 1. The molecule has 0 aliphatic heterocycles. The average molecular weight is 1780 g/mol. The van der Waals surface area contributed by atoms with Crippen LogP contribution in [-0.4, -0.2) is 94.9 Å². The molecule has 2 atom stereocenters. The maximum Gasteiger partial charge on any atom is 0.472 e. The van der Waals surface area contributed by atoms with Crippen LogP contribution in [-0.2, 0) is 270 Å². The summed E-state index contributed by atoms with van der Waals surface area (Å²) in [4.78, 5) is 68.7. The predicted molar refractivity (Wildman–Crippen MR) is 342 cm³/mol. The van der Waals surface area contributed by atoms with Crippen LogP contribution in [0.5, 0.6) is 0 Å². The van der Waals surface area contributed by atoms with E-state index in [9.17, 15) is 28.6 Å². The Bertz CT molecular complexity index is 2680. The molecule has 0 aliphatic carbocycles.